The summed E-state index contributed by atoms with van der Waals surface area (Å²) in [6, 6.07) is 5.88. The highest BCUT2D eigenvalue weighted by molar-refractivity contribution is 7.22. The number of carbonyl (C=O) groups is 2. The molecule has 0 aliphatic heterocycles. The third kappa shape index (κ3) is 4.11. The number of nitrogens with one attached hydrogen (secondary N) is 1. The number of hydrogen-bond acceptors (Lipinski definition) is 10. The van der Waals surface area contributed by atoms with Crippen LogP contribution in [0.15, 0.2) is 17.5 Å². The molecule has 5 rings (SSSR count). The van der Waals surface area contributed by atoms with E-state index >= 15 is 0 Å². The molecule has 1 amide bonds. The van der Waals surface area contributed by atoms with E-state index in [1.54, 1.807) is 6.92 Å². The van der Waals surface area contributed by atoms with Gasteiger partial charge in [0.1, 0.15) is 32.2 Å². The van der Waals surface area contributed by atoms with Crippen LogP contribution in [0.3, 0.4) is 0 Å². The third-order valence-corrected chi connectivity index (χ3v) is 9.31. The van der Waals surface area contributed by atoms with E-state index in [1.165, 1.54) is 22.7 Å². The summed E-state index contributed by atoms with van der Waals surface area (Å²) in [5.41, 5.74) is 15.1. The van der Waals surface area contributed by atoms with E-state index in [4.69, 9.17) is 16.2 Å². The number of hydrogen-bond donors (Lipinski definition) is 3. The number of ether oxygens (including phenoxy) is 1. The molecule has 4 aromatic rings. The van der Waals surface area contributed by atoms with Gasteiger partial charge in [0.25, 0.3) is 5.91 Å². The predicted octanol–water partition coefficient (Wildman–Crippen LogP) is 5.82. The van der Waals surface area contributed by atoms with Gasteiger partial charge >= 0.3 is 5.97 Å². The molecule has 0 atom stereocenters. The minimum atomic E-state index is -0.438. The fourth-order valence-corrected chi connectivity index (χ4v) is 7.59. The Bertz CT molecular complexity index is 1530. The molecular formula is C25H23N5O3S3. The normalized spacial score (nSPS) is 13.1. The van der Waals surface area contributed by atoms with Gasteiger partial charge in [-0.15, -0.1) is 34.0 Å². The second-order valence-electron chi connectivity index (χ2n) is 8.30. The van der Waals surface area contributed by atoms with Crippen LogP contribution < -0.4 is 16.8 Å². The second kappa shape index (κ2) is 9.89. The maximum atomic E-state index is 13.5. The Kier molecular flexibility index (Phi) is 6.66. The van der Waals surface area contributed by atoms with Crippen molar-refractivity contribution in [1.29, 1.82) is 5.26 Å². The summed E-state index contributed by atoms with van der Waals surface area (Å²) in [6.07, 6.45) is 4.80. The largest absolute Gasteiger partial charge is 0.462 e. The number of rotatable bonds is 5. The molecule has 1 aliphatic rings. The molecule has 4 heterocycles. The standard InChI is InChI=1S/C25H23N5O3S3/c1-2-33-25(32)17-12-7-4-3-5-8-14(12)35-23(17)30-22(31)20-19(27)18-16(15-9-6-10-34-15)13(11-26)21(28)29-24(18)36-20/h6,9-10H,2-5,7-8,27H2,1H3,(H2,28,29)(H,30,31). The molecule has 184 valence electrons. The number of nitrogen functional groups attached to an aromatic ring is 2. The molecule has 0 radical (unpaired) electrons. The van der Waals surface area contributed by atoms with E-state index < -0.39 is 11.9 Å². The number of fused-ring (bicyclic) bond motifs is 2. The van der Waals surface area contributed by atoms with Gasteiger partial charge in [-0.25, -0.2) is 9.78 Å². The number of nitrogens with two attached hydrogens (primary N) is 2. The molecule has 0 fully saturated rings. The van der Waals surface area contributed by atoms with Crippen LogP contribution in [0.5, 0.6) is 0 Å². The highest BCUT2D eigenvalue weighted by Gasteiger charge is 2.29. The van der Waals surface area contributed by atoms with Gasteiger partial charge < -0.3 is 21.5 Å². The van der Waals surface area contributed by atoms with Gasteiger partial charge in [0, 0.05) is 20.7 Å². The first kappa shape index (κ1) is 24.2. The lowest BCUT2D eigenvalue weighted by Gasteiger charge is -2.09. The molecule has 0 saturated heterocycles. The first-order valence-corrected chi connectivity index (χ1v) is 14.0. The predicted molar refractivity (Wildman–Crippen MR) is 146 cm³/mol. The number of esters is 1. The number of pyridine rings is 1. The van der Waals surface area contributed by atoms with E-state index in [2.05, 4.69) is 16.4 Å². The maximum absolute atomic E-state index is 13.5. The van der Waals surface area contributed by atoms with Crippen molar-refractivity contribution in [2.75, 3.05) is 23.4 Å². The van der Waals surface area contributed by atoms with Crippen LogP contribution in [0.4, 0.5) is 16.5 Å². The molecule has 0 saturated carbocycles. The van der Waals surface area contributed by atoms with Crippen LogP contribution >= 0.6 is 34.0 Å². The first-order valence-electron chi connectivity index (χ1n) is 11.5. The molecule has 36 heavy (non-hydrogen) atoms. The first-order chi connectivity index (χ1) is 17.4. The number of nitrogens with zero attached hydrogens (tertiary/aromatic N) is 2. The number of carbonyl (C=O) groups excluding carboxylic acids is 2. The molecule has 11 heteroatoms. The molecule has 4 aromatic heterocycles. The molecular weight excluding hydrogens is 515 g/mol. The SMILES string of the molecule is CCOC(=O)c1c(NC(=O)c2sc3nc(N)c(C#N)c(-c4cccs4)c3c2N)sc2c1CCCCC2. The summed E-state index contributed by atoms with van der Waals surface area (Å²) in [4.78, 5) is 33.4. The number of anilines is 3. The summed E-state index contributed by atoms with van der Waals surface area (Å²) in [7, 11) is 0. The molecule has 0 aromatic carbocycles. The third-order valence-electron chi connectivity index (χ3n) is 6.12. The number of thiophene rings is 3. The van der Waals surface area contributed by atoms with Crippen molar-refractivity contribution in [2.45, 2.75) is 39.0 Å². The number of amides is 1. The summed E-state index contributed by atoms with van der Waals surface area (Å²) >= 11 is 3.99. The Labute approximate surface area is 219 Å². The summed E-state index contributed by atoms with van der Waals surface area (Å²) in [6.45, 7) is 2.01. The molecule has 0 bridgehead atoms. The summed E-state index contributed by atoms with van der Waals surface area (Å²) in [5.74, 6) is -0.774. The van der Waals surface area contributed by atoms with Crippen LogP contribution in [-0.4, -0.2) is 23.5 Å². The van der Waals surface area contributed by atoms with Crippen molar-refractivity contribution < 1.29 is 14.3 Å². The van der Waals surface area contributed by atoms with E-state index in [0.717, 1.165) is 58.8 Å². The van der Waals surface area contributed by atoms with Gasteiger partial charge in [0.2, 0.25) is 0 Å². The van der Waals surface area contributed by atoms with E-state index in [-0.39, 0.29) is 28.6 Å². The minimum absolute atomic E-state index is 0.0909. The van der Waals surface area contributed by atoms with E-state index in [9.17, 15) is 14.9 Å². The number of nitriles is 1. The molecule has 8 nitrogen and oxygen atoms in total. The Balaban J connectivity index is 1.60. The second-order valence-corrected chi connectivity index (χ2v) is 11.4. The Morgan fingerprint density at radius 2 is 2.03 bits per heavy atom. The fraction of sp³-hybridized carbons (Fsp3) is 0.280. The highest BCUT2D eigenvalue weighted by atomic mass is 32.1. The zero-order valence-corrected chi connectivity index (χ0v) is 21.9. The molecule has 0 unspecified atom stereocenters. The molecule has 1 aliphatic carbocycles. The lowest BCUT2D eigenvalue weighted by Crippen LogP contribution is -2.15. The topological polar surface area (TPSA) is 144 Å². The van der Waals surface area contributed by atoms with Crippen LogP contribution in [0.25, 0.3) is 20.7 Å². The molecule has 5 N–H and O–H groups in total. The summed E-state index contributed by atoms with van der Waals surface area (Å²) < 4.78 is 5.33. The van der Waals surface area contributed by atoms with Gasteiger partial charge in [-0.05, 0) is 49.6 Å². The average Bonchev–Trinajstić information content (AvgIpc) is 3.53. The van der Waals surface area contributed by atoms with Gasteiger partial charge in [0.05, 0.1) is 17.9 Å². The van der Waals surface area contributed by atoms with E-state index in [1.807, 2.05) is 17.5 Å². The highest BCUT2D eigenvalue weighted by Crippen LogP contribution is 2.44. The van der Waals surface area contributed by atoms with Gasteiger partial charge in [0.15, 0.2) is 0 Å². The Morgan fingerprint density at radius 3 is 2.75 bits per heavy atom. The Hall–Kier alpha value is -3.46. The van der Waals surface area contributed by atoms with Crippen molar-refractivity contribution in [3.05, 3.63) is 44.0 Å². The van der Waals surface area contributed by atoms with Crippen LogP contribution in [0, 0.1) is 11.3 Å². The molecule has 0 spiro atoms. The smallest absolute Gasteiger partial charge is 0.341 e. The van der Waals surface area contributed by atoms with Crippen LogP contribution in [0.1, 0.15) is 62.2 Å². The van der Waals surface area contributed by atoms with Crippen LogP contribution in [-0.2, 0) is 17.6 Å². The fourth-order valence-electron chi connectivity index (χ4n) is 4.53. The lowest BCUT2D eigenvalue weighted by molar-refractivity contribution is 0.0527. The van der Waals surface area contributed by atoms with Crippen molar-refractivity contribution in [2.24, 2.45) is 0 Å². The van der Waals surface area contributed by atoms with E-state index in [0.29, 0.717) is 26.3 Å². The monoisotopic (exact) mass is 537 g/mol. The van der Waals surface area contributed by atoms with Gasteiger partial charge in [-0.3, -0.25) is 4.79 Å². The minimum Gasteiger partial charge on any atom is -0.462 e. The number of aromatic nitrogens is 1. The van der Waals surface area contributed by atoms with Crippen molar-refractivity contribution in [3.8, 4) is 16.5 Å². The van der Waals surface area contributed by atoms with Gasteiger partial charge in [-0.2, -0.15) is 5.26 Å². The Morgan fingerprint density at radius 1 is 1.22 bits per heavy atom. The van der Waals surface area contributed by atoms with Gasteiger partial charge in [-0.1, -0.05) is 12.5 Å². The quantitative estimate of drug-likeness (QED) is 0.215. The zero-order valence-electron chi connectivity index (χ0n) is 19.5. The van der Waals surface area contributed by atoms with Crippen molar-refractivity contribution >= 4 is 72.6 Å². The maximum Gasteiger partial charge on any atom is 0.341 e. The average molecular weight is 538 g/mol. The summed E-state index contributed by atoms with van der Waals surface area (Å²) in [5, 5.41) is 15.6. The van der Waals surface area contributed by atoms with Crippen LogP contribution in [0.2, 0.25) is 0 Å². The van der Waals surface area contributed by atoms with Crippen molar-refractivity contribution in [3.63, 3.8) is 0 Å². The number of aryl methyl sites for hydroxylation is 1. The lowest BCUT2D eigenvalue weighted by atomic mass is 10.0. The van der Waals surface area contributed by atoms with Crippen molar-refractivity contribution in [1.82, 2.24) is 4.98 Å². The zero-order chi connectivity index (χ0) is 25.4.